The van der Waals surface area contributed by atoms with Gasteiger partial charge in [0.1, 0.15) is 0 Å². The van der Waals surface area contributed by atoms with Gasteiger partial charge in [-0.15, -0.1) is 0 Å². The Morgan fingerprint density at radius 2 is 1.95 bits per heavy atom. The maximum atomic E-state index is 5.76. The van der Waals surface area contributed by atoms with Gasteiger partial charge in [0.15, 0.2) is 11.5 Å². The number of pyridine rings is 1. The first-order valence-electron chi connectivity index (χ1n) is 6.87. The van der Waals surface area contributed by atoms with E-state index in [0.29, 0.717) is 11.5 Å². The summed E-state index contributed by atoms with van der Waals surface area (Å²) in [5.74, 6) is 7.12. The number of rotatable bonds is 6. The molecule has 2 aromatic rings. The molecule has 0 saturated heterocycles. The summed E-state index contributed by atoms with van der Waals surface area (Å²) < 4.78 is 10.6. The van der Waals surface area contributed by atoms with Crippen LogP contribution in [0.3, 0.4) is 0 Å². The number of aromatic nitrogens is 1. The van der Waals surface area contributed by atoms with Gasteiger partial charge in [-0.05, 0) is 35.7 Å². The number of hydrogen-bond acceptors (Lipinski definition) is 5. The molecule has 0 aliphatic rings. The number of benzene rings is 1. The number of ether oxygens (including phenoxy) is 2. The van der Waals surface area contributed by atoms with Crippen LogP contribution in [0.5, 0.6) is 11.5 Å². The Morgan fingerprint density at radius 1 is 1.19 bits per heavy atom. The number of nitrogens with two attached hydrogens (primary N) is 1. The van der Waals surface area contributed by atoms with E-state index in [4.69, 9.17) is 15.3 Å². The maximum Gasteiger partial charge on any atom is 0.161 e. The first-order chi connectivity index (χ1) is 10.2. The molecule has 5 heteroatoms. The smallest absolute Gasteiger partial charge is 0.161 e. The fourth-order valence-corrected chi connectivity index (χ4v) is 2.38. The first kappa shape index (κ1) is 15.3. The molecule has 21 heavy (non-hydrogen) atoms. The Hall–Kier alpha value is -2.11. The second-order valence-corrected chi connectivity index (χ2v) is 4.62. The number of hydrazine groups is 1. The molecule has 0 amide bonds. The zero-order valence-electron chi connectivity index (χ0n) is 12.6. The van der Waals surface area contributed by atoms with Crippen LogP contribution in [-0.4, -0.2) is 19.2 Å². The Balaban J connectivity index is 2.46. The lowest BCUT2D eigenvalue weighted by molar-refractivity contribution is 0.354. The van der Waals surface area contributed by atoms with Gasteiger partial charge in [0.25, 0.3) is 0 Å². The van der Waals surface area contributed by atoms with E-state index >= 15 is 0 Å². The van der Waals surface area contributed by atoms with Gasteiger partial charge in [0, 0.05) is 6.20 Å². The maximum absolute atomic E-state index is 5.76. The van der Waals surface area contributed by atoms with Crippen molar-refractivity contribution in [2.45, 2.75) is 19.4 Å². The van der Waals surface area contributed by atoms with Crippen LogP contribution in [0.1, 0.15) is 29.8 Å². The summed E-state index contributed by atoms with van der Waals surface area (Å²) >= 11 is 0. The molecule has 1 aromatic carbocycles. The molecule has 1 aromatic heterocycles. The SMILES string of the molecule is CCc1cccnc1C(NN)c1ccc(OC)c(OC)c1. The average Bonchev–Trinajstić information content (AvgIpc) is 2.55. The topological polar surface area (TPSA) is 69.4 Å². The van der Waals surface area contributed by atoms with Gasteiger partial charge < -0.3 is 9.47 Å². The van der Waals surface area contributed by atoms with E-state index in [-0.39, 0.29) is 6.04 Å². The van der Waals surface area contributed by atoms with Gasteiger partial charge >= 0.3 is 0 Å². The summed E-state index contributed by atoms with van der Waals surface area (Å²) in [5, 5.41) is 0. The van der Waals surface area contributed by atoms with Gasteiger partial charge in [-0.2, -0.15) is 0 Å². The lowest BCUT2D eigenvalue weighted by Crippen LogP contribution is -2.30. The zero-order chi connectivity index (χ0) is 15.2. The van der Waals surface area contributed by atoms with Crippen LogP contribution in [0.4, 0.5) is 0 Å². The summed E-state index contributed by atoms with van der Waals surface area (Å²) in [4.78, 5) is 4.48. The van der Waals surface area contributed by atoms with Crippen LogP contribution in [0.25, 0.3) is 0 Å². The Morgan fingerprint density at radius 3 is 2.57 bits per heavy atom. The van der Waals surface area contributed by atoms with Crippen molar-refractivity contribution < 1.29 is 9.47 Å². The molecule has 0 aliphatic carbocycles. The van der Waals surface area contributed by atoms with Crippen molar-refractivity contribution in [2.24, 2.45) is 5.84 Å². The monoisotopic (exact) mass is 287 g/mol. The van der Waals surface area contributed by atoms with Crippen LogP contribution in [0.2, 0.25) is 0 Å². The fraction of sp³-hybridized carbons (Fsp3) is 0.312. The molecule has 0 bridgehead atoms. The molecule has 0 aliphatic heterocycles. The highest BCUT2D eigenvalue weighted by atomic mass is 16.5. The van der Waals surface area contributed by atoms with Gasteiger partial charge in [-0.3, -0.25) is 10.8 Å². The zero-order valence-corrected chi connectivity index (χ0v) is 12.6. The summed E-state index contributed by atoms with van der Waals surface area (Å²) in [7, 11) is 3.23. The van der Waals surface area contributed by atoms with Crippen molar-refractivity contribution in [2.75, 3.05) is 14.2 Å². The lowest BCUT2D eigenvalue weighted by Gasteiger charge is -2.20. The summed E-state index contributed by atoms with van der Waals surface area (Å²) in [5.41, 5.74) is 5.90. The van der Waals surface area contributed by atoms with Crippen molar-refractivity contribution >= 4 is 0 Å². The minimum absolute atomic E-state index is 0.194. The van der Waals surface area contributed by atoms with Crippen molar-refractivity contribution in [3.8, 4) is 11.5 Å². The van der Waals surface area contributed by atoms with E-state index in [0.717, 1.165) is 23.2 Å². The van der Waals surface area contributed by atoms with Crippen LogP contribution in [-0.2, 0) is 6.42 Å². The van der Waals surface area contributed by atoms with Crippen LogP contribution >= 0.6 is 0 Å². The molecule has 112 valence electrons. The first-order valence-corrected chi connectivity index (χ1v) is 6.87. The molecule has 0 fully saturated rings. The van der Waals surface area contributed by atoms with Crippen molar-refractivity contribution in [3.63, 3.8) is 0 Å². The molecular formula is C16H21N3O2. The highest BCUT2D eigenvalue weighted by Crippen LogP contribution is 2.32. The number of aryl methyl sites for hydroxylation is 1. The number of hydrogen-bond donors (Lipinski definition) is 2. The van der Waals surface area contributed by atoms with E-state index < -0.39 is 0 Å². The molecule has 0 spiro atoms. The second kappa shape index (κ2) is 7.06. The molecule has 0 radical (unpaired) electrons. The van der Waals surface area contributed by atoms with Gasteiger partial charge in [-0.1, -0.05) is 19.1 Å². The normalized spacial score (nSPS) is 12.0. The minimum Gasteiger partial charge on any atom is -0.493 e. The Kier molecular flexibility index (Phi) is 5.14. The summed E-state index contributed by atoms with van der Waals surface area (Å²) in [6.07, 6.45) is 2.67. The van der Waals surface area contributed by atoms with Gasteiger partial charge in [0.2, 0.25) is 0 Å². The van der Waals surface area contributed by atoms with E-state index in [9.17, 15) is 0 Å². The van der Waals surface area contributed by atoms with Gasteiger partial charge in [0.05, 0.1) is 26.0 Å². The van der Waals surface area contributed by atoms with Crippen LogP contribution < -0.4 is 20.7 Å². The van der Waals surface area contributed by atoms with E-state index in [1.165, 1.54) is 0 Å². The highest BCUT2D eigenvalue weighted by Gasteiger charge is 2.18. The Labute approximate surface area is 125 Å². The number of nitrogens with one attached hydrogen (secondary N) is 1. The molecule has 1 heterocycles. The van der Waals surface area contributed by atoms with E-state index in [1.807, 2.05) is 24.3 Å². The van der Waals surface area contributed by atoms with Gasteiger partial charge in [-0.25, -0.2) is 5.43 Å². The molecule has 2 rings (SSSR count). The average molecular weight is 287 g/mol. The summed E-state index contributed by atoms with van der Waals surface area (Å²) in [6, 6.07) is 9.55. The Bertz CT molecular complexity index is 602. The molecule has 1 atom stereocenters. The van der Waals surface area contributed by atoms with Crippen molar-refractivity contribution in [3.05, 3.63) is 53.3 Å². The number of methoxy groups -OCH3 is 2. The fourth-order valence-electron chi connectivity index (χ4n) is 2.38. The van der Waals surface area contributed by atoms with E-state index in [1.54, 1.807) is 20.4 Å². The predicted octanol–water partition coefficient (Wildman–Crippen LogP) is 2.21. The molecule has 1 unspecified atom stereocenters. The summed E-state index contributed by atoms with van der Waals surface area (Å²) in [6.45, 7) is 2.10. The van der Waals surface area contributed by atoms with Crippen LogP contribution in [0.15, 0.2) is 36.5 Å². The molecule has 0 saturated carbocycles. The lowest BCUT2D eigenvalue weighted by atomic mass is 9.98. The quantitative estimate of drug-likeness (QED) is 0.630. The minimum atomic E-state index is -0.194. The van der Waals surface area contributed by atoms with Crippen molar-refractivity contribution in [1.29, 1.82) is 0 Å². The standard InChI is InChI=1S/C16H21N3O2/c1-4-11-6-5-9-18-15(11)16(19-17)12-7-8-13(20-2)14(10-12)21-3/h5-10,16,19H,4,17H2,1-3H3. The molecule has 3 N–H and O–H groups in total. The highest BCUT2D eigenvalue weighted by molar-refractivity contribution is 5.45. The third-order valence-electron chi connectivity index (χ3n) is 3.49. The number of nitrogens with zero attached hydrogens (tertiary/aromatic N) is 1. The predicted molar refractivity (Wildman–Crippen MR) is 82.3 cm³/mol. The largest absolute Gasteiger partial charge is 0.493 e. The third-order valence-corrected chi connectivity index (χ3v) is 3.49. The molecule has 5 nitrogen and oxygen atoms in total. The van der Waals surface area contributed by atoms with Crippen molar-refractivity contribution in [1.82, 2.24) is 10.4 Å². The van der Waals surface area contributed by atoms with Crippen LogP contribution in [0, 0.1) is 0 Å². The molecular weight excluding hydrogens is 266 g/mol. The van der Waals surface area contributed by atoms with E-state index in [2.05, 4.69) is 23.4 Å². The second-order valence-electron chi connectivity index (χ2n) is 4.62. The third kappa shape index (κ3) is 3.15.